The molecule has 22 heavy (non-hydrogen) atoms. The fourth-order valence-corrected chi connectivity index (χ4v) is 2.41. The van der Waals surface area contributed by atoms with Crippen molar-refractivity contribution in [3.63, 3.8) is 0 Å². The van der Waals surface area contributed by atoms with Gasteiger partial charge in [0.05, 0.1) is 19.6 Å². The molecule has 0 radical (unpaired) electrons. The normalized spacial score (nSPS) is 10.6. The number of para-hydroxylation sites is 1. The molecule has 0 fully saturated rings. The summed E-state index contributed by atoms with van der Waals surface area (Å²) in [4.78, 5) is 12.4. The Morgan fingerprint density at radius 1 is 1.23 bits per heavy atom. The van der Waals surface area contributed by atoms with E-state index in [-0.39, 0.29) is 18.3 Å². The molecule has 0 atom stereocenters. The molecule has 0 aromatic heterocycles. The second kappa shape index (κ2) is 9.54. The third-order valence-corrected chi connectivity index (χ3v) is 4.15. The van der Waals surface area contributed by atoms with E-state index in [1.807, 2.05) is 32.0 Å². The summed E-state index contributed by atoms with van der Waals surface area (Å²) in [6.45, 7) is 4.71. The average molecular weight is 331 g/mol. The molecule has 0 aliphatic rings. The van der Waals surface area contributed by atoms with E-state index in [0.29, 0.717) is 24.6 Å². The first-order valence-corrected chi connectivity index (χ1v) is 7.26. The number of nitrogens with one attached hydrogen (secondary N) is 1. The number of carbonyl (C=O) groups is 1. The van der Waals surface area contributed by atoms with Crippen LogP contribution < -0.4 is 20.5 Å². The largest absolute Gasteiger partial charge is 0.493 e. The minimum absolute atomic E-state index is 0. The fraction of sp³-hybridized carbons (Fsp3) is 0.562. The highest BCUT2D eigenvalue weighted by atomic mass is 35.5. The predicted molar refractivity (Wildman–Crippen MR) is 90.7 cm³/mol. The molecular weight excluding hydrogens is 304 g/mol. The smallest absolute Gasteiger partial charge is 0.227 e. The lowest BCUT2D eigenvalue weighted by molar-refractivity contribution is -0.131. The van der Waals surface area contributed by atoms with E-state index < -0.39 is 5.41 Å². The maximum Gasteiger partial charge on any atom is 0.227 e. The summed E-state index contributed by atoms with van der Waals surface area (Å²) in [7, 11) is 3.18. The summed E-state index contributed by atoms with van der Waals surface area (Å²) in [5.41, 5.74) is 6.18. The molecule has 0 unspecified atom stereocenters. The van der Waals surface area contributed by atoms with Crippen molar-refractivity contribution in [3.8, 4) is 11.5 Å². The van der Waals surface area contributed by atoms with E-state index in [9.17, 15) is 4.79 Å². The van der Waals surface area contributed by atoms with Crippen LogP contribution in [0.5, 0.6) is 11.5 Å². The summed E-state index contributed by atoms with van der Waals surface area (Å²) in [6.07, 6.45) is 1.45. The highest BCUT2D eigenvalue weighted by Gasteiger charge is 2.33. The summed E-state index contributed by atoms with van der Waals surface area (Å²) < 4.78 is 10.6. The van der Waals surface area contributed by atoms with Crippen molar-refractivity contribution in [1.82, 2.24) is 5.32 Å². The van der Waals surface area contributed by atoms with Gasteiger partial charge in [-0.1, -0.05) is 26.0 Å². The van der Waals surface area contributed by atoms with Crippen molar-refractivity contribution in [3.05, 3.63) is 23.8 Å². The van der Waals surface area contributed by atoms with Crippen molar-refractivity contribution in [2.75, 3.05) is 20.8 Å². The molecule has 1 aromatic rings. The molecule has 1 amide bonds. The van der Waals surface area contributed by atoms with Gasteiger partial charge in [0.25, 0.3) is 0 Å². The molecule has 6 heteroatoms. The standard InChI is InChI=1S/C16H26N2O3.ClH/c1-5-16(6-2,11-17)15(19)18-10-12-8-7-9-13(20-3)14(12)21-4;/h7-9H,5-6,10-11,17H2,1-4H3,(H,18,19);1H. The van der Waals surface area contributed by atoms with E-state index in [4.69, 9.17) is 15.2 Å². The lowest BCUT2D eigenvalue weighted by Crippen LogP contribution is -2.45. The lowest BCUT2D eigenvalue weighted by atomic mass is 9.81. The van der Waals surface area contributed by atoms with Crippen LogP contribution in [0, 0.1) is 5.41 Å². The second-order valence-corrected chi connectivity index (χ2v) is 5.03. The summed E-state index contributed by atoms with van der Waals surface area (Å²) in [6, 6.07) is 5.61. The third-order valence-electron chi connectivity index (χ3n) is 4.15. The predicted octanol–water partition coefficient (Wildman–Crippen LogP) is 2.51. The Morgan fingerprint density at radius 3 is 2.32 bits per heavy atom. The highest BCUT2D eigenvalue weighted by Crippen LogP contribution is 2.31. The average Bonchev–Trinajstić information content (AvgIpc) is 2.54. The van der Waals surface area contributed by atoms with Gasteiger partial charge in [0.1, 0.15) is 0 Å². The zero-order chi connectivity index (χ0) is 15.9. The van der Waals surface area contributed by atoms with Gasteiger partial charge in [-0.05, 0) is 18.9 Å². The number of ether oxygens (including phenoxy) is 2. The van der Waals surface area contributed by atoms with Gasteiger partial charge in [-0.25, -0.2) is 0 Å². The van der Waals surface area contributed by atoms with Crippen molar-refractivity contribution < 1.29 is 14.3 Å². The van der Waals surface area contributed by atoms with E-state index in [1.54, 1.807) is 14.2 Å². The first kappa shape index (κ1) is 20.5. The number of nitrogens with two attached hydrogens (primary N) is 1. The van der Waals surface area contributed by atoms with Crippen LogP contribution in [0.3, 0.4) is 0 Å². The van der Waals surface area contributed by atoms with Gasteiger partial charge in [-0.3, -0.25) is 4.79 Å². The number of halogens is 1. The first-order chi connectivity index (χ1) is 10.1. The first-order valence-electron chi connectivity index (χ1n) is 7.26. The number of methoxy groups -OCH3 is 2. The Morgan fingerprint density at radius 2 is 1.86 bits per heavy atom. The molecule has 1 aromatic carbocycles. The summed E-state index contributed by atoms with van der Waals surface area (Å²) >= 11 is 0. The van der Waals surface area contributed by atoms with Gasteiger partial charge in [0.15, 0.2) is 11.5 Å². The number of rotatable bonds is 8. The Balaban J connectivity index is 0.00000441. The zero-order valence-corrected chi connectivity index (χ0v) is 14.6. The number of hydrogen-bond acceptors (Lipinski definition) is 4. The molecule has 0 bridgehead atoms. The minimum Gasteiger partial charge on any atom is -0.493 e. The van der Waals surface area contributed by atoms with Crippen LogP contribution in [0.1, 0.15) is 32.3 Å². The maximum atomic E-state index is 12.4. The molecular formula is C16H27ClN2O3. The fourth-order valence-electron chi connectivity index (χ4n) is 2.41. The molecule has 0 saturated heterocycles. The van der Waals surface area contributed by atoms with Crippen LogP contribution in [0.15, 0.2) is 18.2 Å². The van der Waals surface area contributed by atoms with Gasteiger partial charge in [0.2, 0.25) is 5.91 Å². The Hall–Kier alpha value is -1.46. The van der Waals surface area contributed by atoms with E-state index >= 15 is 0 Å². The monoisotopic (exact) mass is 330 g/mol. The summed E-state index contributed by atoms with van der Waals surface area (Å²) in [5, 5.41) is 2.96. The van der Waals surface area contributed by atoms with E-state index in [0.717, 1.165) is 18.4 Å². The number of amides is 1. The van der Waals surface area contributed by atoms with Gasteiger partial charge in [-0.2, -0.15) is 0 Å². The van der Waals surface area contributed by atoms with Crippen molar-refractivity contribution in [1.29, 1.82) is 0 Å². The molecule has 0 heterocycles. The zero-order valence-electron chi connectivity index (χ0n) is 13.8. The molecule has 5 nitrogen and oxygen atoms in total. The van der Waals surface area contributed by atoms with Crippen LogP contribution in [0.25, 0.3) is 0 Å². The van der Waals surface area contributed by atoms with Crippen molar-refractivity contribution in [2.45, 2.75) is 33.2 Å². The maximum absolute atomic E-state index is 12.4. The van der Waals surface area contributed by atoms with Gasteiger partial charge >= 0.3 is 0 Å². The molecule has 3 N–H and O–H groups in total. The Labute approximate surface area is 139 Å². The van der Waals surface area contributed by atoms with Crippen LogP contribution >= 0.6 is 12.4 Å². The third kappa shape index (κ3) is 4.27. The molecule has 0 saturated carbocycles. The topological polar surface area (TPSA) is 73.6 Å². The van der Waals surface area contributed by atoms with Gasteiger partial charge in [0, 0.05) is 18.7 Å². The molecule has 126 valence electrons. The molecule has 0 aliphatic heterocycles. The Bertz CT molecular complexity index is 468. The van der Waals surface area contributed by atoms with Crippen LogP contribution in [0.4, 0.5) is 0 Å². The van der Waals surface area contributed by atoms with Gasteiger partial charge in [-0.15, -0.1) is 12.4 Å². The number of hydrogen-bond donors (Lipinski definition) is 2. The molecule has 0 spiro atoms. The molecule has 0 aliphatic carbocycles. The lowest BCUT2D eigenvalue weighted by Gasteiger charge is -2.28. The van der Waals surface area contributed by atoms with Crippen LogP contribution in [0.2, 0.25) is 0 Å². The quantitative estimate of drug-likeness (QED) is 0.768. The van der Waals surface area contributed by atoms with Gasteiger partial charge < -0.3 is 20.5 Å². The van der Waals surface area contributed by atoms with Crippen LogP contribution in [-0.2, 0) is 11.3 Å². The van der Waals surface area contributed by atoms with Crippen molar-refractivity contribution >= 4 is 18.3 Å². The van der Waals surface area contributed by atoms with Crippen LogP contribution in [-0.4, -0.2) is 26.7 Å². The summed E-state index contributed by atoms with van der Waals surface area (Å²) in [5.74, 6) is 1.28. The SMILES string of the molecule is CCC(CC)(CN)C(=O)NCc1cccc(OC)c1OC.Cl. The van der Waals surface area contributed by atoms with E-state index in [2.05, 4.69) is 5.32 Å². The van der Waals surface area contributed by atoms with E-state index in [1.165, 1.54) is 0 Å². The Kier molecular flexibility index (Phi) is 8.90. The minimum atomic E-state index is -0.494. The van der Waals surface area contributed by atoms with Crippen molar-refractivity contribution in [2.24, 2.45) is 11.1 Å². The second-order valence-electron chi connectivity index (χ2n) is 5.03. The number of benzene rings is 1. The number of carbonyl (C=O) groups excluding carboxylic acids is 1. The highest BCUT2D eigenvalue weighted by molar-refractivity contribution is 5.85. The molecule has 1 rings (SSSR count).